The highest BCUT2D eigenvalue weighted by Crippen LogP contribution is 2.46. The second kappa shape index (κ2) is 13.6. The molecule has 6 nitrogen and oxygen atoms in total. The Morgan fingerprint density at radius 1 is 1.06 bits per heavy atom. The molecule has 3 aromatic rings. The molecule has 5 rings (SSSR count). The average Bonchev–Trinajstić information content (AvgIpc) is 2.96. The molecule has 1 fully saturated rings. The predicted molar refractivity (Wildman–Crippen MR) is 187 cm³/mol. The third-order valence-corrected chi connectivity index (χ3v) is 9.35. The normalized spacial score (nSPS) is 18.5. The van der Waals surface area contributed by atoms with Crippen molar-refractivity contribution >= 4 is 11.7 Å². The summed E-state index contributed by atoms with van der Waals surface area (Å²) in [4.78, 5) is 21.3. The van der Waals surface area contributed by atoms with Crippen LogP contribution < -0.4 is 9.64 Å². The lowest BCUT2D eigenvalue weighted by Crippen LogP contribution is -2.39. The number of benzene rings is 2. The summed E-state index contributed by atoms with van der Waals surface area (Å²) in [5.74, 6) is 0.266. The van der Waals surface area contributed by atoms with Gasteiger partial charge in [-0.15, -0.1) is 0 Å². The fourth-order valence-electron chi connectivity index (χ4n) is 6.85. The Kier molecular flexibility index (Phi) is 10.1. The van der Waals surface area contributed by atoms with Crippen molar-refractivity contribution in [3.05, 3.63) is 75.9 Å². The number of hydrogen-bond acceptors (Lipinski definition) is 6. The summed E-state index contributed by atoms with van der Waals surface area (Å²) in [5, 5.41) is 0. The van der Waals surface area contributed by atoms with Gasteiger partial charge in [-0.3, -0.25) is 4.98 Å². The van der Waals surface area contributed by atoms with Crippen LogP contribution in [0.1, 0.15) is 107 Å². The topological polar surface area (TPSA) is 60.9 Å². The van der Waals surface area contributed by atoms with Gasteiger partial charge in [0.1, 0.15) is 17.7 Å². The van der Waals surface area contributed by atoms with Gasteiger partial charge >= 0.3 is 5.97 Å². The van der Waals surface area contributed by atoms with Gasteiger partial charge in [-0.2, -0.15) is 0 Å². The summed E-state index contributed by atoms with van der Waals surface area (Å²) in [6, 6.07) is 11.8. The minimum atomic E-state index is -0.932. The van der Waals surface area contributed by atoms with Crippen LogP contribution in [-0.4, -0.2) is 41.9 Å². The fraction of sp³-hybridized carbons (Fsp3) is 0.550. The van der Waals surface area contributed by atoms with E-state index in [1.165, 1.54) is 0 Å². The molecule has 2 atom stereocenters. The third-order valence-electron chi connectivity index (χ3n) is 9.35. The molecule has 1 aromatic heterocycles. The SMILES string of the molecule is Cc1ccc(C[C@H]2CCc3cc(-c4c(C)nc(C)c(C(OC(C)(C)C)C(=O)OC(C)C)c4N4CCC(C)(C)CC4)ccc3O2)c(F)c1. The number of ether oxygens (including phenoxy) is 3. The van der Waals surface area contributed by atoms with E-state index in [2.05, 4.69) is 37.8 Å². The maximum Gasteiger partial charge on any atom is 0.340 e. The van der Waals surface area contributed by atoms with Gasteiger partial charge in [0.15, 0.2) is 6.10 Å². The number of hydrogen-bond donors (Lipinski definition) is 0. The monoisotopic (exact) mass is 644 g/mol. The molecule has 0 aliphatic carbocycles. The van der Waals surface area contributed by atoms with Crippen LogP contribution in [-0.2, 0) is 27.1 Å². The lowest BCUT2D eigenvalue weighted by molar-refractivity contribution is -0.171. The number of halogens is 1. The van der Waals surface area contributed by atoms with Gasteiger partial charge in [-0.05, 0) is 127 Å². The van der Waals surface area contributed by atoms with Gasteiger partial charge in [-0.1, -0.05) is 32.0 Å². The van der Waals surface area contributed by atoms with Gasteiger partial charge in [0.25, 0.3) is 0 Å². The van der Waals surface area contributed by atoms with E-state index in [0.717, 1.165) is 89.4 Å². The Bertz CT molecular complexity index is 1610. The molecular formula is C40H53FN2O4. The third kappa shape index (κ3) is 8.17. The van der Waals surface area contributed by atoms with Crippen molar-refractivity contribution < 1.29 is 23.4 Å². The average molecular weight is 645 g/mol. The van der Waals surface area contributed by atoms with Gasteiger partial charge in [0.2, 0.25) is 0 Å². The van der Waals surface area contributed by atoms with Crippen molar-refractivity contribution in [1.29, 1.82) is 0 Å². The minimum absolute atomic E-state index is 0.0884. The molecule has 2 aliphatic heterocycles. The van der Waals surface area contributed by atoms with E-state index in [4.69, 9.17) is 19.2 Å². The van der Waals surface area contributed by atoms with E-state index in [0.29, 0.717) is 12.0 Å². The van der Waals surface area contributed by atoms with Gasteiger partial charge < -0.3 is 19.1 Å². The van der Waals surface area contributed by atoms with Crippen LogP contribution in [0.25, 0.3) is 11.1 Å². The van der Waals surface area contributed by atoms with Crippen molar-refractivity contribution in [3.63, 3.8) is 0 Å². The number of nitrogens with zero attached hydrogens (tertiary/aromatic N) is 2. The van der Waals surface area contributed by atoms with Gasteiger partial charge in [0.05, 0.1) is 17.4 Å². The van der Waals surface area contributed by atoms with E-state index in [1.54, 1.807) is 6.07 Å². The Morgan fingerprint density at radius 3 is 2.40 bits per heavy atom. The zero-order valence-corrected chi connectivity index (χ0v) is 30.1. The lowest BCUT2D eigenvalue weighted by atomic mass is 9.81. The summed E-state index contributed by atoms with van der Waals surface area (Å²) in [7, 11) is 0. The lowest BCUT2D eigenvalue weighted by Gasteiger charge is -2.41. The molecule has 0 saturated carbocycles. The number of fused-ring (bicyclic) bond motifs is 1. The molecule has 0 N–H and O–H groups in total. The van der Waals surface area contributed by atoms with Crippen LogP contribution in [0.3, 0.4) is 0 Å². The summed E-state index contributed by atoms with van der Waals surface area (Å²) in [5.41, 5.74) is 7.88. The van der Waals surface area contributed by atoms with Crippen LogP contribution in [0.2, 0.25) is 0 Å². The number of rotatable bonds is 8. The number of piperidine rings is 1. The largest absolute Gasteiger partial charge is 0.490 e. The molecule has 47 heavy (non-hydrogen) atoms. The van der Waals surface area contributed by atoms with E-state index >= 15 is 0 Å². The van der Waals surface area contributed by atoms with Crippen LogP contribution in [0, 0.1) is 32.0 Å². The highest BCUT2D eigenvalue weighted by molar-refractivity contribution is 5.89. The Balaban J connectivity index is 1.59. The quantitative estimate of drug-likeness (QED) is 0.228. The van der Waals surface area contributed by atoms with E-state index in [9.17, 15) is 9.18 Å². The molecule has 3 heterocycles. The molecule has 1 saturated heterocycles. The zero-order chi connectivity index (χ0) is 34.3. The first-order valence-electron chi connectivity index (χ1n) is 17.2. The van der Waals surface area contributed by atoms with E-state index in [-0.39, 0.29) is 23.4 Å². The summed E-state index contributed by atoms with van der Waals surface area (Å²) >= 11 is 0. The molecule has 0 spiro atoms. The predicted octanol–water partition coefficient (Wildman–Crippen LogP) is 9.18. The highest BCUT2D eigenvalue weighted by Gasteiger charge is 2.38. The number of esters is 1. The second-order valence-electron chi connectivity index (χ2n) is 15.6. The molecule has 0 bridgehead atoms. The van der Waals surface area contributed by atoms with Gasteiger partial charge in [0, 0.05) is 42.0 Å². The maximum absolute atomic E-state index is 14.6. The fourth-order valence-corrected chi connectivity index (χ4v) is 6.85. The molecule has 0 radical (unpaired) electrons. The smallest absolute Gasteiger partial charge is 0.340 e. The van der Waals surface area contributed by atoms with Crippen LogP contribution in [0.5, 0.6) is 5.75 Å². The minimum Gasteiger partial charge on any atom is -0.490 e. The summed E-state index contributed by atoms with van der Waals surface area (Å²) in [6.07, 6.45) is 2.94. The molecular weight excluding hydrogens is 591 g/mol. The first-order valence-corrected chi connectivity index (χ1v) is 17.2. The highest BCUT2D eigenvalue weighted by atomic mass is 19.1. The van der Waals surface area contributed by atoms with Crippen LogP contribution in [0.4, 0.5) is 10.1 Å². The maximum atomic E-state index is 14.6. The number of pyridine rings is 1. The molecule has 254 valence electrons. The number of anilines is 1. The number of aryl methyl sites for hydroxylation is 4. The molecule has 1 unspecified atom stereocenters. The zero-order valence-electron chi connectivity index (χ0n) is 30.1. The molecule has 7 heteroatoms. The van der Waals surface area contributed by atoms with Crippen molar-refractivity contribution in [2.75, 3.05) is 18.0 Å². The standard InChI is InChI=1S/C40H53FN2O4/c1-24(2)45-38(44)37(47-39(6,7)8)35-27(5)42-26(4)34(36(35)43-19-17-40(9,10)18-20-43)30-14-16-33-29(22-30)13-15-31(46-33)23-28-12-11-25(3)21-32(28)41/h11-12,14,16,21-22,24,31,37H,13,15,17-20,23H2,1-10H3/t31-,37?/m1/s1. The number of carbonyl (C=O) groups excluding carboxylic acids is 1. The first kappa shape index (κ1) is 34.9. The Morgan fingerprint density at radius 2 is 1.77 bits per heavy atom. The van der Waals surface area contributed by atoms with Crippen LogP contribution in [0.15, 0.2) is 36.4 Å². The van der Waals surface area contributed by atoms with Gasteiger partial charge in [-0.25, -0.2) is 9.18 Å². The Labute approximate surface area is 281 Å². The van der Waals surface area contributed by atoms with Crippen LogP contribution >= 0.6 is 0 Å². The summed E-state index contributed by atoms with van der Waals surface area (Å²) in [6.45, 7) is 21.9. The van der Waals surface area contributed by atoms with Crippen molar-refractivity contribution in [2.45, 2.75) is 125 Å². The molecule has 2 aliphatic rings. The Hall–Kier alpha value is -3.45. The van der Waals surface area contributed by atoms with E-state index in [1.807, 2.05) is 66.7 Å². The molecule has 0 amide bonds. The number of carbonyl (C=O) groups is 1. The van der Waals surface area contributed by atoms with Crippen molar-refractivity contribution in [2.24, 2.45) is 5.41 Å². The number of aromatic nitrogens is 1. The first-order chi connectivity index (χ1) is 22.0. The molecule has 2 aromatic carbocycles. The second-order valence-corrected chi connectivity index (χ2v) is 15.6. The van der Waals surface area contributed by atoms with Crippen molar-refractivity contribution in [1.82, 2.24) is 4.98 Å². The van der Waals surface area contributed by atoms with Crippen molar-refractivity contribution in [3.8, 4) is 16.9 Å². The van der Waals surface area contributed by atoms with E-state index < -0.39 is 17.7 Å². The summed E-state index contributed by atoms with van der Waals surface area (Å²) < 4.78 is 33.4.